The first-order chi connectivity index (χ1) is 46.5. The van der Waals surface area contributed by atoms with Crippen LogP contribution in [0.5, 0.6) is 17.2 Å². The van der Waals surface area contributed by atoms with E-state index in [1.54, 1.807) is 24.0 Å². The molecule has 28 heteroatoms. The van der Waals surface area contributed by atoms with E-state index in [4.69, 9.17) is 59.4 Å². The lowest BCUT2D eigenvalue weighted by Gasteiger charge is -2.36. The van der Waals surface area contributed by atoms with E-state index in [0.29, 0.717) is 111 Å². The molecule has 5 unspecified atom stereocenters. The van der Waals surface area contributed by atoms with Gasteiger partial charge in [-0.25, -0.2) is 13.8 Å². The largest absolute Gasteiger partial charge is 0.492 e. The lowest BCUT2D eigenvalue weighted by molar-refractivity contribution is -0.137. The summed E-state index contributed by atoms with van der Waals surface area (Å²) in [5.74, 6) is 2.60. The van der Waals surface area contributed by atoms with Crippen LogP contribution < -0.4 is 30.6 Å². The number of nitrogens with two attached hydrogens (primary N) is 1. The molecule has 3 aromatic carbocycles. The Morgan fingerprint density at radius 3 is 1.53 bits per heavy atom. The molecule has 8 fully saturated rings. The van der Waals surface area contributed by atoms with Gasteiger partial charge in [-0.05, 0) is 181 Å². The quantitative estimate of drug-likeness (QED) is 0.0439. The smallest absolute Gasteiger partial charge is 0.338 e. The summed E-state index contributed by atoms with van der Waals surface area (Å²) in [7, 11) is 7.36. The normalized spacial score (nSPS) is 25.6. The van der Waals surface area contributed by atoms with E-state index >= 15 is 0 Å². The number of benzene rings is 3. The van der Waals surface area contributed by atoms with Crippen LogP contribution in [0.4, 0.5) is 0 Å². The molecule has 4 N–H and O–H groups in total. The minimum atomic E-state index is -1.67. The van der Waals surface area contributed by atoms with Gasteiger partial charge in [0.05, 0.1) is 43.6 Å². The van der Waals surface area contributed by atoms with Crippen molar-refractivity contribution < 1.29 is 75.7 Å². The molecule has 8 atom stereocenters. The first kappa shape index (κ1) is 77.5. The standard InChI is InChI=1S/C24H31N3O5.C21H30ClNO4.C19H25NO4.C5H8N2O2.Cl2OS.ClH/c28-22-7-6-21(23(29)25-22)27-13-17-11-19(4-5-20(17)24(27)30)32-15-18-3-1-2-9-26(18)12-16-8-10-31-14-16;1-2-26-21(24)20-7-6-19(11-17(20)12-22)27-15-18-5-3-4-9-23(18)13-16-8-10-25-14-16;21-19-18-5-4-17(9-15(18)12-24-19)23-13-16-3-1-2-7-20(16)10-14-6-8-22-11-14;6-3-1-2-4(8)7-5(3)9;1-4(2)3;/h4-5,11,16,18,21H,1-3,6-10,12-15H2,(H,25,28,29);6-7,11,16,18H,2-5,8-10,12-15H2,1H3;4-5,9,14,16H,1-3,6-8,10-13H2;3H,1-2,6H2,(H,7,8,9);;1H/t16?,18-,21?;16?,18-;14?,16-;;;/m111.../s1. The molecule has 23 nitrogen and oxygen atoms in total. The van der Waals surface area contributed by atoms with E-state index in [2.05, 4.69) is 46.7 Å². The lowest BCUT2D eigenvalue weighted by Crippen LogP contribution is -2.52. The molecule has 97 heavy (non-hydrogen) atoms. The van der Waals surface area contributed by atoms with Gasteiger partial charge in [-0.15, -0.1) is 24.0 Å². The first-order valence-electron chi connectivity index (χ1n) is 34.1. The Morgan fingerprint density at radius 1 is 0.608 bits per heavy atom. The predicted octanol–water partition coefficient (Wildman–Crippen LogP) is 8.43. The fraction of sp³-hybridized carbons (Fsp3) is 0.638. The molecule has 10 heterocycles. The minimum absolute atomic E-state index is 0. The Labute approximate surface area is 591 Å². The fourth-order valence-electron chi connectivity index (χ4n) is 14.0. The third-order valence-electron chi connectivity index (χ3n) is 19.3. The number of fused-ring (bicyclic) bond motifs is 2. The van der Waals surface area contributed by atoms with Crippen LogP contribution in [0, 0.1) is 17.8 Å². The molecular formula is C69H95Cl4N7O16S. The van der Waals surface area contributed by atoms with Crippen molar-refractivity contribution in [2.75, 3.05) is 105 Å². The fourth-order valence-corrected chi connectivity index (χ4v) is 14.2. The van der Waals surface area contributed by atoms with Gasteiger partial charge >= 0.3 is 11.9 Å². The van der Waals surface area contributed by atoms with Crippen molar-refractivity contribution in [2.45, 2.75) is 159 Å². The molecule has 0 saturated carbocycles. The van der Waals surface area contributed by atoms with Crippen LogP contribution in [-0.4, -0.2) is 201 Å². The highest BCUT2D eigenvalue weighted by atomic mass is 36.0. The van der Waals surface area contributed by atoms with E-state index in [-0.39, 0.29) is 66.2 Å². The number of carbonyl (C=O) groups is 7. The van der Waals surface area contributed by atoms with Crippen molar-refractivity contribution in [2.24, 2.45) is 23.5 Å². The highest BCUT2D eigenvalue weighted by Crippen LogP contribution is 2.33. The number of amides is 5. The summed E-state index contributed by atoms with van der Waals surface area (Å²) < 4.78 is 54.2. The van der Waals surface area contributed by atoms with Crippen LogP contribution >= 0.6 is 45.4 Å². The Bertz CT molecular complexity index is 3140. The number of nitrogens with one attached hydrogen (secondary N) is 2. The second-order valence-corrected chi connectivity index (χ2v) is 28.9. The van der Waals surface area contributed by atoms with Crippen LogP contribution in [0.2, 0.25) is 0 Å². The topological polar surface area (TPSA) is 273 Å². The third kappa shape index (κ3) is 23.4. The number of ether oxygens (including phenoxy) is 8. The SMILES string of the molecule is CCOC(=O)c1ccc(OC[C@H]2CCCCN2CC2CCOC2)cc1CCl.Cl.NC1CCC(=O)NC1=O.O=C1CCC(N2Cc3cc(OC[C@H]4CCCCN4CC4CCOC4)ccc3C2=O)C(=O)N1.O=C1OCc2cc(OC[C@H]3CCCCN3CC3CCOC3)ccc21.O=S(Cl)Cl. The number of piperidine rings is 5. The number of hydrogen-bond acceptors (Lipinski definition) is 20. The second kappa shape index (κ2) is 39.7. The van der Waals surface area contributed by atoms with Crippen molar-refractivity contribution in [3.8, 4) is 17.2 Å². The van der Waals surface area contributed by atoms with E-state index in [0.717, 1.165) is 132 Å². The molecule has 8 saturated heterocycles. The van der Waals surface area contributed by atoms with Crippen LogP contribution in [0.3, 0.4) is 0 Å². The zero-order valence-electron chi connectivity index (χ0n) is 55.4. The molecule has 13 rings (SSSR count). The van der Waals surface area contributed by atoms with Crippen molar-refractivity contribution in [1.29, 1.82) is 0 Å². The van der Waals surface area contributed by atoms with Gasteiger partial charge in [-0.1, -0.05) is 19.3 Å². The van der Waals surface area contributed by atoms with E-state index in [1.807, 2.05) is 42.5 Å². The number of halogens is 4. The van der Waals surface area contributed by atoms with Crippen LogP contribution in [0.1, 0.15) is 157 Å². The number of hydrogen-bond donors (Lipinski definition) is 3. The first-order valence-corrected chi connectivity index (χ1v) is 37.5. The van der Waals surface area contributed by atoms with Crippen molar-refractivity contribution in [3.63, 3.8) is 0 Å². The van der Waals surface area contributed by atoms with Gasteiger partial charge in [0, 0.05) is 115 Å². The lowest BCUT2D eigenvalue weighted by atomic mass is 10.00. The predicted molar refractivity (Wildman–Crippen MR) is 368 cm³/mol. The maximum Gasteiger partial charge on any atom is 0.338 e. The maximum atomic E-state index is 12.9. The number of rotatable bonds is 19. The van der Waals surface area contributed by atoms with Gasteiger partial charge in [0.2, 0.25) is 32.9 Å². The molecule has 3 aromatic rings. The van der Waals surface area contributed by atoms with Gasteiger partial charge in [0.15, 0.2) is 0 Å². The summed E-state index contributed by atoms with van der Waals surface area (Å²) in [4.78, 5) is 90.3. The van der Waals surface area contributed by atoms with Crippen molar-refractivity contribution in [3.05, 3.63) is 88.0 Å². The minimum Gasteiger partial charge on any atom is -0.492 e. The Kier molecular flexibility index (Phi) is 31.7. The van der Waals surface area contributed by atoms with Crippen LogP contribution in [-0.2, 0) is 71.1 Å². The summed E-state index contributed by atoms with van der Waals surface area (Å²) >= 11 is 6.03. The number of imide groups is 2. The highest BCUT2D eigenvalue weighted by molar-refractivity contribution is 8.26. The number of cyclic esters (lactones) is 1. The molecular weight excluding hydrogens is 1360 g/mol. The monoisotopic (exact) mass is 1450 g/mol. The van der Waals surface area contributed by atoms with Gasteiger partial charge in [-0.2, -0.15) is 0 Å². The summed E-state index contributed by atoms with van der Waals surface area (Å²) in [6.07, 6.45) is 16.0. The van der Waals surface area contributed by atoms with E-state index in [1.165, 1.54) is 57.8 Å². The zero-order valence-corrected chi connectivity index (χ0v) is 59.3. The molecule has 0 aliphatic carbocycles. The van der Waals surface area contributed by atoms with Crippen LogP contribution in [0.15, 0.2) is 54.6 Å². The number of carbonyl (C=O) groups excluding carboxylic acids is 7. The Morgan fingerprint density at radius 2 is 1.07 bits per heavy atom. The summed E-state index contributed by atoms with van der Waals surface area (Å²) in [5.41, 5.74) is 9.63. The number of nitrogens with zero attached hydrogens (tertiary/aromatic N) is 4. The van der Waals surface area contributed by atoms with Crippen molar-refractivity contribution >= 4 is 96.1 Å². The number of alkyl halides is 1. The van der Waals surface area contributed by atoms with Gasteiger partial charge in [-0.3, -0.25) is 49.3 Å². The highest BCUT2D eigenvalue weighted by Gasteiger charge is 2.40. The Hall–Kier alpha value is -5.22. The van der Waals surface area contributed by atoms with Gasteiger partial charge in [0.1, 0.15) is 49.7 Å². The number of esters is 2. The van der Waals surface area contributed by atoms with Crippen molar-refractivity contribution in [1.82, 2.24) is 30.2 Å². The summed E-state index contributed by atoms with van der Waals surface area (Å²) in [5, 5.41) is 4.47. The molecule has 536 valence electrons. The van der Waals surface area contributed by atoms with E-state index < -0.39 is 21.3 Å². The molecule has 5 amide bonds. The molecule has 10 aliphatic heterocycles. The average Bonchev–Trinajstić information content (AvgIpc) is 1.64. The Balaban J connectivity index is 0.000000170. The molecule has 10 aliphatic rings. The zero-order chi connectivity index (χ0) is 67.9. The van der Waals surface area contributed by atoms with Gasteiger partial charge < -0.3 is 48.5 Å². The van der Waals surface area contributed by atoms with Gasteiger partial charge in [0.25, 0.3) is 5.91 Å². The summed E-state index contributed by atoms with van der Waals surface area (Å²) in [6.45, 7) is 17.0. The molecule has 0 aromatic heterocycles. The third-order valence-corrected chi connectivity index (χ3v) is 19.6. The second-order valence-electron chi connectivity index (χ2n) is 26.1. The molecule has 0 spiro atoms. The van der Waals surface area contributed by atoms with E-state index in [9.17, 15) is 33.6 Å². The molecule has 0 bridgehead atoms. The summed E-state index contributed by atoms with van der Waals surface area (Å²) in [6, 6.07) is 16.9. The molecule has 0 radical (unpaired) electrons. The average molecular weight is 1450 g/mol. The maximum absolute atomic E-state index is 12.9. The van der Waals surface area contributed by atoms with Crippen LogP contribution in [0.25, 0.3) is 0 Å². The number of likely N-dealkylation sites (tertiary alicyclic amines) is 3.